The molecule has 1 aliphatic rings. The SMILES string of the molecule is C=C(CO)c1ccc(N(c2cc3oc(-c4ccccc4)c(C(=O)NC)c3cc2C2CC2)S(C)(=O)=O)cc1. The number of carbonyl (C=O) groups is 1. The van der Waals surface area contributed by atoms with Crippen molar-refractivity contribution < 1.29 is 22.7 Å². The lowest BCUT2D eigenvalue weighted by Crippen LogP contribution is -2.25. The molecule has 8 heteroatoms. The summed E-state index contributed by atoms with van der Waals surface area (Å²) in [5, 5.41) is 12.8. The Labute approximate surface area is 216 Å². The molecule has 0 saturated heterocycles. The molecule has 0 bridgehead atoms. The summed E-state index contributed by atoms with van der Waals surface area (Å²) in [4.78, 5) is 13.0. The highest BCUT2D eigenvalue weighted by atomic mass is 32.2. The summed E-state index contributed by atoms with van der Waals surface area (Å²) < 4.78 is 33.9. The Kier molecular flexibility index (Phi) is 6.39. The smallest absolute Gasteiger partial charge is 0.255 e. The average molecular weight is 517 g/mol. The van der Waals surface area contributed by atoms with Crippen LogP contribution in [0, 0.1) is 0 Å². The normalized spacial score (nSPS) is 13.5. The van der Waals surface area contributed by atoms with Crippen molar-refractivity contribution in [3.05, 3.63) is 90.0 Å². The third kappa shape index (κ3) is 4.65. The Morgan fingerprint density at radius 3 is 2.35 bits per heavy atom. The molecule has 0 aliphatic heterocycles. The van der Waals surface area contributed by atoms with Gasteiger partial charge in [0, 0.05) is 24.1 Å². The van der Waals surface area contributed by atoms with Gasteiger partial charge in [-0.1, -0.05) is 49.0 Å². The van der Waals surface area contributed by atoms with Crippen LogP contribution < -0.4 is 9.62 Å². The second-order valence-corrected chi connectivity index (χ2v) is 11.1. The number of hydrogen-bond acceptors (Lipinski definition) is 5. The Morgan fingerprint density at radius 2 is 1.78 bits per heavy atom. The van der Waals surface area contributed by atoms with Gasteiger partial charge in [0.25, 0.3) is 5.91 Å². The molecule has 1 aliphatic carbocycles. The molecule has 5 rings (SSSR count). The topological polar surface area (TPSA) is 99.8 Å². The van der Waals surface area contributed by atoms with Crippen molar-refractivity contribution >= 4 is 43.8 Å². The van der Waals surface area contributed by atoms with Gasteiger partial charge in [-0.15, -0.1) is 0 Å². The number of aliphatic hydroxyl groups excluding tert-OH is 1. The van der Waals surface area contributed by atoms with Gasteiger partial charge < -0.3 is 14.8 Å². The monoisotopic (exact) mass is 516 g/mol. The van der Waals surface area contributed by atoms with E-state index < -0.39 is 10.0 Å². The molecule has 0 radical (unpaired) electrons. The minimum absolute atomic E-state index is 0.185. The maximum atomic E-state index is 13.2. The molecule has 190 valence electrons. The Balaban J connectivity index is 1.75. The van der Waals surface area contributed by atoms with Crippen LogP contribution in [0.3, 0.4) is 0 Å². The summed E-state index contributed by atoms with van der Waals surface area (Å²) in [7, 11) is -2.17. The quantitative estimate of drug-likeness (QED) is 0.325. The van der Waals surface area contributed by atoms with Gasteiger partial charge in [-0.2, -0.15) is 0 Å². The maximum Gasteiger partial charge on any atom is 0.255 e. The van der Waals surface area contributed by atoms with E-state index in [0.29, 0.717) is 39.2 Å². The summed E-state index contributed by atoms with van der Waals surface area (Å²) in [6.07, 6.45) is 3.04. The molecule has 0 unspecified atom stereocenters. The first kappa shape index (κ1) is 24.8. The van der Waals surface area contributed by atoms with Crippen molar-refractivity contribution in [2.24, 2.45) is 0 Å². The van der Waals surface area contributed by atoms with Crippen LogP contribution in [0.15, 0.2) is 77.7 Å². The zero-order valence-corrected chi connectivity index (χ0v) is 21.5. The number of nitrogens with zero attached hydrogens (tertiary/aromatic N) is 1. The largest absolute Gasteiger partial charge is 0.455 e. The molecular formula is C29H28N2O5S. The van der Waals surface area contributed by atoms with E-state index in [-0.39, 0.29) is 18.4 Å². The number of fused-ring (bicyclic) bond motifs is 1. The van der Waals surface area contributed by atoms with Crippen molar-refractivity contribution in [2.75, 3.05) is 24.2 Å². The number of amides is 1. The minimum Gasteiger partial charge on any atom is -0.455 e. The standard InChI is InChI=1S/C29H28N2O5S/c1-18(17-32)19-11-13-22(14-12-19)31(37(3,34)35)25-16-26-24(15-23(25)20-9-10-20)27(29(33)30-2)28(36-26)21-7-5-4-6-8-21/h4-8,11-16,20,32H,1,9-10,17H2,2-3H3,(H,30,33). The van der Waals surface area contributed by atoms with Crippen LogP contribution in [-0.2, 0) is 10.0 Å². The van der Waals surface area contributed by atoms with Gasteiger partial charge in [0.1, 0.15) is 11.3 Å². The fraction of sp³-hybridized carbons (Fsp3) is 0.207. The molecule has 4 aromatic rings. The molecule has 37 heavy (non-hydrogen) atoms. The molecule has 2 N–H and O–H groups in total. The van der Waals surface area contributed by atoms with Gasteiger partial charge in [-0.05, 0) is 53.7 Å². The van der Waals surface area contributed by atoms with Crippen LogP contribution >= 0.6 is 0 Å². The number of anilines is 2. The highest BCUT2D eigenvalue weighted by molar-refractivity contribution is 7.92. The summed E-state index contributed by atoms with van der Waals surface area (Å²) in [5.41, 5.74) is 4.70. The van der Waals surface area contributed by atoms with Crippen LogP contribution in [0.25, 0.3) is 27.9 Å². The number of furan rings is 1. The van der Waals surface area contributed by atoms with Crippen LogP contribution in [-0.4, -0.2) is 39.3 Å². The van der Waals surface area contributed by atoms with Crippen LogP contribution in [0.4, 0.5) is 11.4 Å². The summed E-state index contributed by atoms with van der Waals surface area (Å²) >= 11 is 0. The third-order valence-corrected chi connectivity index (χ3v) is 7.67. The van der Waals surface area contributed by atoms with Gasteiger partial charge in [0.15, 0.2) is 0 Å². The first-order valence-electron chi connectivity index (χ1n) is 12.0. The number of benzene rings is 3. The second kappa shape index (κ2) is 9.53. The van der Waals surface area contributed by atoms with Gasteiger partial charge >= 0.3 is 0 Å². The lowest BCUT2D eigenvalue weighted by atomic mass is 10.00. The average Bonchev–Trinajstić information content (AvgIpc) is 3.68. The Bertz CT molecular complexity index is 1600. The zero-order chi connectivity index (χ0) is 26.3. The molecule has 1 heterocycles. The number of hydrogen-bond donors (Lipinski definition) is 2. The molecule has 1 saturated carbocycles. The summed E-state index contributed by atoms with van der Waals surface area (Å²) in [6.45, 7) is 3.65. The van der Waals surface area contributed by atoms with E-state index in [1.54, 1.807) is 37.4 Å². The van der Waals surface area contributed by atoms with Gasteiger partial charge in [-0.25, -0.2) is 12.7 Å². The molecule has 1 amide bonds. The van der Waals surface area contributed by atoms with Gasteiger partial charge in [0.05, 0.1) is 29.8 Å². The predicted octanol–water partition coefficient (Wildman–Crippen LogP) is 5.44. The van der Waals surface area contributed by atoms with E-state index in [9.17, 15) is 18.3 Å². The maximum absolute atomic E-state index is 13.2. The molecular weight excluding hydrogens is 488 g/mol. The first-order valence-corrected chi connectivity index (χ1v) is 13.8. The van der Waals surface area contributed by atoms with E-state index >= 15 is 0 Å². The van der Waals surface area contributed by atoms with Crippen molar-refractivity contribution in [1.29, 1.82) is 0 Å². The Hall–Kier alpha value is -3.88. The zero-order valence-electron chi connectivity index (χ0n) is 20.7. The number of aliphatic hydroxyl groups is 1. The molecule has 0 spiro atoms. The van der Waals surface area contributed by atoms with E-state index in [2.05, 4.69) is 11.9 Å². The van der Waals surface area contributed by atoms with Crippen LogP contribution in [0.5, 0.6) is 0 Å². The number of nitrogens with one attached hydrogen (secondary N) is 1. The molecule has 1 fully saturated rings. The number of carbonyl (C=O) groups excluding carboxylic acids is 1. The van der Waals surface area contributed by atoms with E-state index in [1.807, 2.05) is 36.4 Å². The van der Waals surface area contributed by atoms with Gasteiger partial charge in [-0.3, -0.25) is 4.79 Å². The lowest BCUT2D eigenvalue weighted by molar-refractivity contribution is 0.0964. The molecule has 1 aromatic heterocycles. The number of sulfonamides is 1. The fourth-order valence-electron chi connectivity index (χ4n) is 4.62. The third-order valence-electron chi connectivity index (χ3n) is 6.60. The van der Waals surface area contributed by atoms with Crippen molar-refractivity contribution in [2.45, 2.75) is 18.8 Å². The van der Waals surface area contributed by atoms with Crippen LogP contribution in [0.2, 0.25) is 0 Å². The lowest BCUT2D eigenvalue weighted by Gasteiger charge is -2.25. The highest BCUT2D eigenvalue weighted by Crippen LogP contribution is 2.49. The predicted molar refractivity (Wildman–Crippen MR) is 147 cm³/mol. The minimum atomic E-state index is -3.74. The summed E-state index contributed by atoms with van der Waals surface area (Å²) in [5.74, 6) is 0.350. The van der Waals surface area contributed by atoms with Gasteiger partial charge in [0.2, 0.25) is 10.0 Å². The van der Waals surface area contributed by atoms with E-state index in [4.69, 9.17) is 4.42 Å². The first-order chi connectivity index (χ1) is 17.7. The van der Waals surface area contributed by atoms with Crippen molar-refractivity contribution in [1.82, 2.24) is 5.32 Å². The van der Waals surface area contributed by atoms with Crippen molar-refractivity contribution in [3.8, 4) is 11.3 Å². The number of rotatable bonds is 8. The Morgan fingerprint density at radius 1 is 1.11 bits per heavy atom. The fourth-order valence-corrected chi connectivity index (χ4v) is 5.64. The molecule has 0 atom stereocenters. The van der Waals surface area contributed by atoms with E-state index in [1.165, 1.54) is 10.6 Å². The van der Waals surface area contributed by atoms with Crippen LogP contribution in [0.1, 0.15) is 40.2 Å². The molecule has 3 aromatic carbocycles. The second-order valence-electron chi connectivity index (χ2n) is 9.27. The summed E-state index contributed by atoms with van der Waals surface area (Å²) in [6, 6.07) is 19.9. The highest BCUT2D eigenvalue weighted by Gasteiger charge is 2.33. The molecule has 7 nitrogen and oxygen atoms in total. The van der Waals surface area contributed by atoms with Crippen molar-refractivity contribution in [3.63, 3.8) is 0 Å². The van der Waals surface area contributed by atoms with E-state index in [0.717, 1.165) is 29.5 Å².